The van der Waals surface area contributed by atoms with Gasteiger partial charge in [0.1, 0.15) is 5.82 Å². The van der Waals surface area contributed by atoms with E-state index in [9.17, 15) is 4.79 Å². The van der Waals surface area contributed by atoms with Crippen LogP contribution in [0.2, 0.25) is 0 Å². The molecule has 1 amide bonds. The Morgan fingerprint density at radius 2 is 1.59 bits per heavy atom. The number of ether oxygens (including phenoxy) is 1. The Hall–Kier alpha value is -1.69. The zero-order valence-electron chi connectivity index (χ0n) is 17.2. The highest BCUT2D eigenvalue weighted by atomic mass is 16.6. The summed E-state index contributed by atoms with van der Waals surface area (Å²) < 4.78 is 5.32. The number of carbonyl (C=O) groups excluding carboxylic acids is 1. The van der Waals surface area contributed by atoms with Gasteiger partial charge in [-0.05, 0) is 64.1 Å². The number of nitrogens with zero attached hydrogens (tertiary/aromatic N) is 4. The maximum absolute atomic E-state index is 12.0. The molecule has 0 bridgehead atoms. The molecule has 0 aliphatic carbocycles. The summed E-state index contributed by atoms with van der Waals surface area (Å²) in [6.45, 7) is 11.9. The van der Waals surface area contributed by atoms with Crippen molar-refractivity contribution in [1.82, 2.24) is 19.8 Å². The molecule has 2 saturated heterocycles. The van der Waals surface area contributed by atoms with E-state index in [1.807, 2.05) is 31.1 Å². The fourth-order valence-corrected chi connectivity index (χ4v) is 4.14. The van der Waals surface area contributed by atoms with Gasteiger partial charge in [-0.1, -0.05) is 13.8 Å². The van der Waals surface area contributed by atoms with Crippen LogP contribution in [0, 0.1) is 0 Å². The lowest BCUT2D eigenvalue weighted by Crippen LogP contribution is -2.49. The normalized spacial score (nSPS) is 20.4. The average molecular weight is 375 g/mol. The van der Waals surface area contributed by atoms with Gasteiger partial charge in [0, 0.05) is 37.4 Å². The summed E-state index contributed by atoms with van der Waals surface area (Å²) in [5.74, 6) is 1.88. The van der Waals surface area contributed by atoms with E-state index in [4.69, 9.17) is 4.74 Å². The lowest BCUT2D eigenvalue weighted by Gasteiger charge is -2.41. The molecule has 1 aromatic heterocycles. The van der Waals surface area contributed by atoms with Gasteiger partial charge in [0.2, 0.25) is 0 Å². The zero-order valence-corrected chi connectivity index (χ0v) is 17.2. The minimum atomic E-state index is -0.160. The predicted molar refractivity (Wildman–Crippen MR) is 106 cm³/mol. The number of likely N-dealkylation sites (tertiary alicyclic amines) is 2. The fourth-order valence-electron chi connectivity index (χ4n) is 4.14. The third kappa shape index (κ3) is 5.18. The molecular formula is C21H34N4O2. The number of piperidine rings is 2. The Bertz CT molecular complexity index is 601. The van der Waals surface area contributed by atoms with Crippen molar-refractivity contribution in [1.29, 1.82) is 0 Å². The summed E-state index contributed by atoms with van der Waals surface area (Å²) in [6, 6.07) is 0.591. The molecule has 0 N–H and O–H groups in total. The topological polar surface area (TPSA) is 58.6 Å². The highest BCUT2D eigenvalue weighted by Gasteiger charge is 2.30. The lowest BCUT2D eigenvalue weighted by atomic mass is 9.89. The van der Waals surface area contributed by atoms with E-state index in [2.05, 4.69) is 28.7 Å². The van der Waals surface area contributed by atoms with Gasteiger partial charge in [0.05, 0.1) is 6.10 Å². The molecule has 3 heterocycles. The lowest BCUT2D eigenvalue weighted by molar-refractivity contribution is 0.0500. The quantitative estimate of drug-likeness (QED) is 0.802. The molecule has 3 rings (SSSR count). The summed E-state index contributed by atoms with van der Waals surface area (Å²) in [5.41, 5.74) is 1.28. The van der Waals surface area contributed by atoms with Crippen molar-refractivity contribution in [3.63, 3.8) is 0 Å². The summed E-state index contributed by atoms with van der Waals surface area (Å²) in [6.07, 6.45) is 8.27. The average Bonchev–Trinajstić information content (AvgIpc) is 2.68. The maximum Gasteiger partial charge on any atom is 0.410 e. The molecule has 0 atom stereocenters. The van der Waals surface area contributed by atoms with Crippen molar-refractivity contribution in [3.8, 4) is 0 Å². The molecule has 0 saturated carbocycles. The van der Waals surface area contributed by atoms with Gasteiger partial charge < -0.3 is 14.5 Å². The molecule has 2 fully saturated rings. The molecule has 2 aliphatic rings. The second kappa shape index (κ2) is 9.00. The molecule has 150 valence electrons. The van der Waals surface area contributed by atoms with Crippen LogP contribution in [0.1, 0.15) is 76.6 Å². The zero-order chi connectivity index (χ0) is 19.4. The second-order valence-electron chi connectivity index (χ2n) is 8.49. The van der Waals surface area contributed by atoms with E-state index in [1.165, 1.54) is 18.4 Å². The molecule has 0 aromatic carbocycles. The first-order chi connectivity index (χ1) is 12.9. The number of aromatic nitrogens is 2. The van der Waals surface area contributed by atoms with Crippen LogP contribution in [0.5, 0.6) is 0 Å². The Morgan fingerprint density at radius 3 is 2.11 bits per heavy atom. The van der Waals surface area contributed by atoms with Crippen LogP contribution in [0.4, 0.5) is 4.79 Å². The van der Waals surface area contributed by atoms with E-state index in [1.54, 1.807) is 0 Å². The van der Waals surface area contributed by atoms with E-state index < -0.39 is 0 Å². The van der Waals surface area contributed by atoms with E-state index in [0.29, 0.717) is 17.9 Å². The van der Waals surface area contributed by atoms with Crippen molar-refractivity contribution in [2.45, 2.75) is 77.4 Å². The Morgan fingerprint density at radius 1 is 1.00 bits per heavy atom. The van der Waals surface area contributed by atoms with Crippen LogP contribution < -0.4 is 0 Å². The van der Waals surface area contributed by atoms with Crippen molar-refractivity contribution in [2.24, 2.45) is 0 Å². The van der Waals surface area contributed by atoms with Crippen molar-refractivity contribution < 1.29 is 9.53 Å². The minimum Gasteiger partial charge on any atom is -0.447 e. The Balaban J connectivity index is 1.45. The smallest absolute Gasteiger partial charge is 0.410 e. The van der Waals surface area contributed by atoms with Gasteiger partial charge in [-0.3, -0.25) is 0 Å². The fraction of sp³-hybridized carbons (Fsp3) is 0.762. The van der Waals surface area contributed by atoms with Crippen LogP contribution in [0.15, 0.2) is 12.4 Å². The first-order valence-corrected chi connectivity index (χ1v) is 10.5. The van der Waals surface area contributed by atoms with Crippen molar-refractivity contribution in [2.75, 3.05) is 26.2 Å². The number of amides is 1. The second-order valence-corrected chi connectivity index (χ2v) is 8.49. The maximum atomic E-state index is 12.0. The standard InChI is InChI=1S/C21H34N4O2/c1-15(2)20-22-13-18(14-23-20)17-5-9-24(10-6-17)19-7-11-25(12-8-19)21(26)27-16(3)4/h13-17,19H,5-12H2,1-4H3. The monoisotopic (exact) mass is 374 g/mol. The summed E-state index contributed by atoms with van der Waals surface area (Å²) in [4.78, 5) is 25.6. The highest BCUT2D eigenvalue weighted by molar-refractivity contribution is 5.67. The number of rotatable bonds is 4. The van der Waals surface area contributed by atoms with Gasteiger partial charge in [-0.2, -0.15) is 0 Å². The SMILES string of the molecule is CC(C)OC(=O)N1CCC(N2CCC(c3cnc(C(C)C)nc3)CC2)CC1. The van der Waals surface area contributed by atoms with Crippen LogP contribution in [0.3, 0.4) is 0 Å². The highest BCUT2D eigenvalue weighted by Crippen LogP contribution is 2.30. The van der Waals surface area contributed by atoms with Gasteiger partial charge in [-0.25, -0.2) is 14.8 Å². The number of hydrogen-bond donors (Lipinski definition) is 0. The summed E-state index contributed by atoms with van der Waals surface area (Å²) in [7, 11) is 0. The largest absolute Gasteiger partial charge is 0.447 e. The molecule has 27 heavy (non-hydrogen) atoms. The number of carbonyl (C=O) groups is 1. The summed E-state index contributed by atoms with van der Waals surface area (Å²) >= 11 is 0. The third-order valence-corrected chi connectivity index (χ3v) is 5.78. The van der Waals surface area contributed by atoms with E-state index in [-0.39, 0.29) is 12.2 Å². The molecule has 6 nitrogen and oxygen atoms in total. The van der Waals surface area contributed by atoms with Gasteiger partial charge in [0.15, 0.2) is 0 Å². The molecular weight excluding hydrogens is 340 g/mol. The van der Waals surface area contributed by atoms with Gasteiger partial charge in [-0.15, -0.1) is 0 Å². The van der Waals surface area contributed by atoms with Crippen LogP contribution >= 0.6 is 0 Å². The predicted octanol–water partition coefficient (Wildman–Crippen LogP) is 3.79. The van der Waals surface area contributed by atoms with Gasteiger partial charge in [0.25, 0.3) is 0 Å². The first-order valence-electron chi connectivity index (χ1n) is 10.5. The van der Waals surface area contributed by atoms with E-state index in [0.717, 1.165) is 44.8 Å². The Labute approximate surface area is 163 Å². The van der Waals surface area contributed by atoms with Crippen LogP contribution in [-0.4, -0.2) is 64.2 Å². The third-order valence-electron chi connectivity index (χ3n) is 5.78. The minimum absolute atomic E-state index is 0.0483. The van der Waals surface area contributed by atoms with Gasteiger partial charge >= 0.3 is 6.09 Å². The molecule has 1 aromatic rings. The van der Waals surface area contributed by atoms with Crippen molar-refractivity contribution in [3.05, 3.63) is 23.8 Å². The molecule has 0 spiro atoms. The molecule has 0 unspecified atom stereocenters. The summed E-state index contributed by atoms with van der Waals surface area (Å²) in [5, 5.41) is 0. The Kier molecular flexibility index (Phi) is 6.68. The van der Waals surface area contributed by atoms with Crippen molar-refractivity contribution >= 4 is 6.09 Å². The molecule has 0 radical (unpaired) electrons. The first kappa shape index (κ1) is 20.1. The van der Waals surface area contributed by atoms with Crippen LogP contribution in [-0.2, 0) is 4.74 Å². The number of hydrogen-bond acceptors (Lipinski definition) is 5. The van der Waals surface area contributed by atoms with Crippen LogP contribution in [0.25, 0.3) is 0 Å². The molecule has 6 heteroatoms. The molecule has 2 aliphatic heterocycles. The van der Waals surface area contributed by atoms with E-state index >= 15 is 0 Å².